The number of hydrogen-bond acceptors (Lipinski definition) is 0. The van der Waals surface area contributed by atoms with Crippen LogP contribution < -0.4 is 0 Å². The van der Waals surface area contributed by atoms with E-state index in [2.05, 4.69) is 49.8 Å². The van der Waals surface area contributed by atoms with Crippen molar-refractivity contribution in [1.29, 1.82) is 0 Å². The number of alkyl halides is 1. The fraction of sp³-hybridized carbons (Fsp3) is 0.538. The SMILES string of the molecule is CC(CCc1ccccc1)S(C)(C)CCl. The molecule has 0 bridgehead atoms. The second-order valence-corrected chi connectivity index (χ2v) is 9.49. The molecule has 1 unspecified atom stereocenters. The Balaban J connectivity index is 2.44. The van der Waals surface area contributed by atoms with Crippen molar-refractivity contribution in [3.8, 4) is 0 Å². The molecule has 0 heterocycles. The molecule has 0 aliphatic carbocycles. The Morgan fingerprint density at radius 3 is 2.33 bits per heavy atom. The van der Waals surface area contributed by atoms with Gasteiger partial charge in [-0.05, 0) is 36.2 Å². The van der Waals surface area contributed by atoms with Crippen LogP contribution in [0.2, 0.25) is 0 Å². The van der Waals surface area contributed by atoms with Crippen LogP contribution in [0.4, 0.5) is 0 Å². The largest absolute Gasteiger partial charge is 0.231 e. The molecule has 0 amide bonds. The second-order valence-electron chi connectivity index (χ2n) is 4.57. The highest BCUT2D eigenvalue weighted by molar-refractivity contribution is 8.33. The summed E-state index contributed by atoms with van der Waals surface area (Å²) in [5.74, 6) is 0. The summed E-state index contributed by atoms with van der Waals surface area (Å²) in [5, 5.41) is 1.57. The van der Waals surface area contributed by atoms with E-state index in [9.17, 15) is 0 Å². The Morgan fingerprint density at radius 2 is 1.80 bits per heavy atom. The van der Waals surface area contributed by atoms with Crippen molar-refractivity contribution in [3.63, 3.8) is 0 Å². The molecule has 1 aromatic rings. The average molecular weight is 245 g/mol. The summed E-state index contributed by atoms with van der Waals surface area (Å²) in [6.07, 6.45) is 7.08. The van der Waals surface area contributed by atoms with Gasteiger partial charge in [0.1, 0.15) is 0 Å². The predicted molar refractivity (Wildman–Crippen MR) is 74.4 cm³/mol. The van der Waals surface area contributed by atoms with Gasteiger partial charge >= 0.3 is 0 Å². The second kappa shape index (κ2) is 5.81. The van der Waals surface area contributed by atoms with Crippen LogP contribution in [-0.2, 0) is 6.42 Å². The molecule has 0 aromatic heterocycles. The third-order valence-corrected chi connectivity index (χ3v) is 7.72. The maximum absolute atomic E-state index is 6.01. The van der Waals surface area contributed by atoms with E-state index in [0.717, 1.165) is 10.5 Å². The topological polar surface area (TPSA) is 0 Å². The normalized spacial score (nSPS) is 14.9. The molecular weight excluding hydrogens is 224 g/mol. The van der Waals surface area contributed by atoms with Crippen LogP contribution in [0, 0.1) is 0 Å². The van der Waals surface area contributed by atoms with Gasteiger partial charge in [-0.15, -0.1) is 11.6 Å². The molecule has 1 atom stereocenters. The lowest BCUT2D eigenvalue weighted by Gasteiger charge is -2.35. The first-order valence-corrected chi connectivity index (χ1v) is 8.57. The van der Waals surface area contributed by atoms with Gasteiger partial charge in [-0.25, -0.2) is 10.0 Å². The lowest BCUT2D eigenvalue weighted by atomic mass is 10.1. The molecule has 0 aliphatic heterocycles. The first-order valence-electron chi connectivity index (χ1n) is 5.36. The zero-order valence-electron chi connectivity index (χ0n) is 9.87. The lowest BCUT2D eigenvalue weighted by molar-refractivity contribution is 0.804. The third kappa shape index (κ3) is 4.08. The summed E-state index contributed by atoms with van der Waals surface area (Å²) in [6, 6.07) is 10.7. The Morgan fingerprint density at radius 1 is 1.20 bits per heavy atom. The monoisotopic (exact) mass is 244 g/mol. The molecule has 0 aliphatic rings. The van der Waals surface area contributed by atoms with Gasteiger partial charge in [-0.2, -0.15) is 0 Å². The van der Waals surface area contributed by atoms with Crippen molar-refractivity contribution in [1.82, 2.24) is 0 Å². The minimum atomic E-state index is -0.603. The van der Waals surface area contributed by atoms with Crippen molar-refractivity contribution in [2.75, 3.05) is 17.7 Å². The van der Waals surface area contributed by atoms with Crippen LogP contribution in [0.3, 0.4) is 0 Å². The number of halogens is 1. The Labute approximate surface area is 100 Å². The van der Waals surface area contributed by atoms with Crippen LogP contribution >= 0.6 is 21.6 Å². The van der Waals surface area contributed by atoms with E-state index in [1.165, 1.54) is 18.4 Å². The van der Waals surface area contributed by atoms with Gasteiger partial charge in [-0.3, -0.25) is 0 Å². The zero-order chi connectivity index (χ0) is 11.3. The minimum Gasteiger partial charge on any atom is -0.231 e. The quantitative estimate of drug-likeness (QED) is 0.679. The number of rotatable bonds is 5. The van der Waals surface area contributed by atoms with Crippen molar-refractivity contribution in [2.45, 2.75) is 25.0 Å². The molecule has 0 spiro atoms. The molecule has 1 aromatic carbocycles. The van der Waals surface area contributed by atoms with Crippen molar-refractivity contribution in [2.24, 2.45) is 0 Å². The Bertz CT molecular complexity index is 282. The number of benzene rings is 1. The van der Waals surface area contributed by atoms with Crippen LogP contribution in [-0.4, -0.2) is 23.0 Å². The molecule has 2 heteroatoms. The number of aryl methyl sites for hydroxylation is 1. The predicted octanol–water partition coefficient (Wildman–Crippen LogP) is 4.27. The van der Waals surface area contributed by atoms with Gasteiger partial charge in [0.25, 0.3) is 0 Å². The van der Waals surface area contributed by atoms with Gasteiger partial charge in [0, 0.05) is 0 Å². The summed E-state index contributed by atoms with van der Waals surface area (Å²) < 4.78 is 0. The molecule has 86 valence electrons. The highest BCUT2D eigenvalue weighted by Crippen LogP contribution is 2.47. The standard InChI is InChI=1S/C13H21ClS/c1-12(15(2,3)11-14)9-10-13-7-5-4-6-8-13/h4-8,12H,9-11H2,1-3H3. The smallest absolute Gasteiger partial charge is 0.0525 e. The summed E-state index contributed by atoms with van der Waals surface area (Å²) in [7, 11) is -0.603. The van der Waals surface area contributed by atoms with Crippen LogP contribution in [0.25, 0.3) is 0 Å². The Hall–Kier alpha value is -0.140. The molecule has 0 N–H and O–H groups in total. The maximum atomic E-state index is 6.01. The van der Waals surface area contributed by atoms with E-state index in [1.807, 2.05) is 0 Å². The highest BCUT2D eigenvalue weighted by Gasteiger charge is 2.18. The molecule has 0 saturated heterocycles. The molecule has 0 saturated carbocycles. The summed E-state index contributed by atoms with van der Waals surface area (Å²) in [5.41, 5.74) is 1.44. The van der Waals surface area contributed by atoms with Crippen LogP contribution in [0.5, 0.6) is 0 Å². The third-order valence-electron chi connectivity index (χ3n) is 3.05. The van der Waals surface area contributed by atoms with Crippen molar-refractivity contribution in [3.05, 3.63) is 35.9 Å². The van der Waals surface area contributed by atoms with E-state index in [4.69, 9.17) is 11.6 Å². The van der Waals surface area contributed by atoms with E-state index in [-0.39, 0.29) is 0 Å². The van der Waals surface area contributed by atoms with E-state index in [0.29, 0.717) is 0 Å². The van der Waals surface area contributed by atoms with Crippen molar-refractivity contribution < 1.29 is 0 Å². The fourth-order valence-corrected chi connectivity index (χ4v) is 3.06. The molecule has 0 nitrogen and oxygen atoms in total. The highest BCUT2D eigenvalue weighted by atomic mass is 35.5. The zero-order valence-corrected chi connectivity index (χ0v) is 11.4. The maximum Gasteiger partial charge on any atom is 0.0525 e. The van der Waals surface area contributed by atoms with Gasteiger partial charge in [0.05, 0.1) is 5.21 Å². The summed E-state index contributed by atoms with van der Waals surface area (Å²) >= 11 is 6.01. The van der Waals surface area contributed by atoms with Gasteiger partial charge < -0.3 is 0 Å². The van der Waals surface area contributed by atoms with Gasteiger partial charge in [0.15, 0.2) is 0 Å². The average Bonchev–Trinajstić information content (AvgIpc) is 2.27. The van der Waals surface area contributed by atoms with Crippen LogP contribution in [0.15, 0.2) is 30.3 Å². The van der Waals surface area contributed by atoms with E-state index < -0.39 is 10.0 Å². The van der Waals surface area contributed by atoms with Crippen molar-refractivity contribution >= 4 is 21.6 Å². The summed E-state index contributed by atoms with van der Waals surface area (Å²) in [6.45, 7) is 2.33. The molecule has 1 rings (SSSR count). The fourth-order valence-electron chi connectivity index (χ4n) is 1.44. The molecular formula is C13H21ClS. The van der Waals surface area contributed by atoms with Gasteiger partial charge in [0.2, 0.25) is 0 Å². The van der Waals surface area contributed by atoms with Gasteiger partial charge in [-0.1, -0.05) is 37.3 Å². The van der Waals surface area contributed by atoms with E-state index in [1.54, 1.807) is 0 Å². The lowest BCUT2D eigenvalue weighted by Crippen LogP contribution is -2.14. The summed E-state index contributed by atoms with van der Waals surface area (Å²) in [4.78, 5) is 0. The molecule has 0 radical (unpaired) electrons. The first kappa shape index (κ1) is 12.9. The van der Waals surface area contributed by atoms with Crippen LogP contribution in [0.1, 0.15) is 18.9 Å². The molecule has 0 fully saturated rings. The number of hydrogen-bond donors (Lipinski definition) is 0. The molecule has 15 heavy (non-hydrogen) atoms. The first-order chi connectivity index (χ1) is 7.06. The minimum absolute atomic E-state index is 0.603. The Kier molecular flexibility index (Phi) is 5.01. The van der Waals surface area contributed by atoms with E-state index >= 15 is 0 Å².